The van der Waals surface area contributed by atoms with Crippen LogP contribution in [0.25, 0.3) is 0 Å². The first-order valence-electron chi connectivity index (χ1n) is 19.1. The number of hydrogen-bond donors (Lipinski definition) is 0. The molecule has 0 spiro atoms. The first-order valence-corrected chi connectivity index (χ1v) is 22.2. The third kappa shape index (κ3) is 5.69. The SMILES string of the molecule is CC1CC2C(c3ccccc3)CC(c3ccccc3)CC2C1[Si](C)(C)C1C(C)CC2C(c3ccccc3)CC(c3ccccc3)CC21. The normalized spacial score (nSPS) is 36.9. The maximum absolute atomic E-state index is 2.90. The largest absolute Gasteiger partial charge is 0.0689 e. The topological polar surface area (TPSA) is 0 Å². The second kappa shape index (κ2) is 12.8. The zero-order valence-electron chi connectivity index (χ0n) is 29.2. The van der Waals surface area contributed by atoms with Gasteiger partial charge in [0, 0.05) is 0 Å². The van der Waals surface area contributed by atoms with Crippen LogP contribution in [0.4, 0.5) is 0 Å². The van der Waals surface area contributed by atoms with E-state index < -0.39 is 8.07 Å². The van der Waals surface area contributed by atoms with Crippen molar-refractivity contribution in [1.29, 1.82) is 0 Å². The van der Waals surface area contributed by atoms with Crippen molar-refractivity contribution in [3.05, 3.63) is 144 Å². The lowest BCUT2D eigenvalue weighted by atomic mass is 9.65. The Bertz CT molecular complexity index is 1480. The molecule has 4 aromatic carbocycles. The molecule has 4 aliphatic rings. The number of benzene rings is 4. The standard InChI is InChI=1S/C46H56Si/c1-31-25-41-39(35-21-13-7-14-22-35)27-37(33-17-9-5-10-18-33)29-43(41)45(31)47(3,4)46-32(2)26-42-40(36-23-15-8-16-24-36)28-38(30-44(42)46)34-19-11-6-12-20-34/h5-24,31-32,37-46H,25-30H2,1-4H3. The molecule has 0 amide bonds. The highest BCUT2D eigenvalue weighted by Crippen LogP contribution is 2.69. The molecule has 0 bridgehead atoms. The van der Waals surface area contributed by atoms with E-state index in [1.54, 1.807) is 22.3 Å². The van der Waals surface area contributed by atoms with Crippen LogP contribution in [0, 0.1) is 35.5 Å². The van der Waals surface area contributed by atoms with Gasteiger partial charge in [0.15, 0.2) is 0 Å². The lowest BCUT2D eigenvalue weighted by molar-refractivity contribution is 0.203. The van der Waals surface area contributed by atoms with Gasteiger partial charge in [0.05, 0.1) is 8.07 Å². The molecule has 4 fully saturated rings. The Morgan fingerprint density at radius 1 is 0.383 bits per heavy atom. The number of rotatable bonds is 6. The first-order chi connectivity index (χ1) is 22.9. The Hall–Kier alpha value is -2.90. The van der Waals surface area contributed by atoms with Gasteiger partial charge in [0.2, 0.25) is 0 Å². The summed E-state index contributed by atoms with van der Waals surface area (Å²) in [5.74, 6) is 7.74. The highest BCUT2D eigenvalue weighted by atomic mass is 28.3. The Balaban J connectivity index is 1.16. The molecule has 0 radical (unpaired) electrons. The molecule has 47 heavy (non-hydrogen) atoms. The van der Waals surface area contributed by atoms with Gasteiger partial charge in [0.1, 0.15) is 0 Å². The molecule has 0 aliphatic heterocycles. The predicted octanol–water partition coefficient (Wildman–Crippen LogP) is 12.7. The van der Waals surface area contributed by atoms with Crippen molar-refractivity contribution in [3.8, 4) is 0 Å². The fraction of sp³-hybridized carbons (Fsp3) is 0.478. The van der Waals surface area contributed by atoms with E-state index in [4.69, 9.17) is 0 Å². The molecule has 4 aromatic rings. The number of fused-ring (bicyclic) bond motifs is 2. The van der Waals surface area contributed by atoms with E-state index in [1.807, 2.05) is 0 Å². The second-order valence-corrected chi connectivity index (χ2v) is 22.1. The predicted molar refractivity (Wildman–Crippen MR) is 202 cm³/mol. The average Bonchev–Trinajstić information content (AvgIpc) is 3.65. The third-order valence-corrected chi connectivity index (χ3v) is 19.9. The van der Waals surface area contributed by atoms with Gasteiger partial charge in [-0.15, -0.1) is 0 Å². The van der Waals surface area contributed by atoms with Crippen LogP contribution >= 0.6 is 0 Å². The van der Waals surface area contributed by atoms with E-state index in [1.165, 1.54) is 38.5 Å². The van der Waals surface area contributed by atoms with E-state index in [2.05, 4.69) is 148 Å². The molecule has 0 N–H and O–H groups in total. The molecule has 12 unspecified atom stereocenters. The summed E-state index contributed by atoms with van der Waals surface area (Å²) in [6.07, 6.45) is 8.30. The Labute approximate surface area is 286 Å². The first kappa shape index (κ1) is 31.4. The van der Waals surface area contributed by atoms with Crippen LogP contribution in [0.5, 0.6) is 0 Å². The summed E-state index contributed by atoms with van der Waals surface area (Å²) in [6.45, 7) is 11.2. The van der Waals surface area contributed by atoms with Gasteiger partial charge in [-0.25, -0.2) is 0 Å². The molecule has 244 valence electrons. The van der Waals surface area contributed by atoms with Gasteiger partial charge < -0.3 is 0 Å². The summed E-state index contributed by atoms with van der Waals surface area (Å²) in [5.41, 5.74) is 8.19. The molecule has 0 heterocycles. The molecule has 4 saturated carbocycles. The minimum atomic E-state index is -1.70. The van der Waals surface area contributed by atoms with E-state index in [9.17, 15) is 0 Å². The van der Waals surface area contributed by atoms with Crippen LogP contribution in [-0.4, -0.2) is 8.07 Å². The Kier molecular flexibility index (Phi) is 8.58. The zero-order valence-corrected chi connectivity index (χ0v) is 30.2. The minimum Gasteiger partial charge on any atom is -0.0689 e. The van der Waals surface area contributed by atoms with E-state index in [0.29, 0.717) is 23.7 Å². The van der Waals surface area contributed by atoms with Crippen LogP contribution in [0.2, 0.25) is 24.2 Å². The van der Waals surface area contributed by atoms with Crippen LogP contribution in [0.1, 0.15) is 98.3 Å². The van der Waals surface area contributed by atoms with Gasteiger partial charge in [-0.1, -0.05) is 148 Å². The van der Waals surface area contributed by atoms with Crippen LogP contribution in [0.15, 0.2) is 121 Å². The molecule has 0 saturated heterocycles. The maximum atomic E-state index is 2.90. The fourth-order valence-corrected chi connectivity index (χ4v) is 19.8. The minimum absolute atomic E-state index is 0.675. The van der Waals surface area contributed by atoms with Crippen LogP contribution in [0.3, 0.4) is 0 Å². The van der Waals surface area contributed by atoms with Crippen molar-refractivity contribution < 1.29 is 0 Å². The van der Waals surface area contributed by atoms with Gasteiger partial charge in [-0.05, 0) is 131 Å². The quantitative estimate of drug-likeness (QED) is 0.185. The highest BCUT2D eigenvalue weighted by molar-refractivity contribution is 6.80. The van der Waals surface area contributed by atoms with Gasteiger partial charge in [-0.2, -0.15) is 0 Å². The summed E-state index contributed by atoms with van der Waals surface area (Å²) < 4.78 is 0. The fourth-order valence-electron chi connectivity index (χ4n) is 13.2. The molecule has 4 aliphatic carbocycles. The lowest BCUT2D eigenvalue weighted by Crippen LogP contribution is -2.47. The molecular formula is C46H56Si. The third-order valence-electron chi connectivity index (χ3n) is 14.5. The molecule has 0 aromatic heterocycles. The average molecular weight is 637 g/mol. The van der Waals surface area contributed by atoms with Crippen molar-refractivity contribution in [3.63, 3.8) is 0 Å². The molecule has 12 atom stereocenters. The molecule has 1 heteroatoms. The Morgan fingerprint density at radius 2 is 0.702 bits per heavy atom. The molecular weight excluding hydrogens is 581 g/mol. The summed E-state index contributed by atoms with van der Waals surface area (Å²) in [6, 6.07) is 46.7. The summed E-state index contributed by atoms with van der Waals surface area (Å²) in [7, 11) is -1.70. The van der Waals surface area contributed by atoms with Crippen molar-refractivity contribution in [2.75, 3.05) is 0 Å². The molecule has 0 nitrogen and oxygen atoms in total. The maximum Gasteiger partial charge on any atom is 0.0546 e. The second-order valence-electron chi connectivity index (χ2n) is 17.1. The van der Waals surface area contributed by atoms with Crippen LogP contribution in [-0.2, 0) is 0 Å². The number of hydrogen-bond acceptors (Lipinski definition) is 0. The Morgan fingerprint density at radius 3 is 1.04 bits per heavy atom. The summed E-state index contributed by atoms with van der Waals surface area (Å²) in [5, 5.41) is 0. The van der Waals surface area contributed by atoms with Gasteiger partial charge in [-0.3, -0.25) is 0 Å². The van der Waals surface area contributed by atoms with E-state index >= 15 is 0 Å². The monoisotopic (exact) mass is 636 g/mol. The summed E-state index contributed by atoms with van der Waals surface area (Å²) >= 11 is 0. The smallest absolute Gasteiger partial charge is 0.0546 e. The molecule has 8 rings (SSSR count). The van der Waals surface area contributed by atoms with Crippen LogP contribution < -0.4 is 0 Å². The van der Waals surface area contributed by atoms with Gasteiger partial charge in [0.25, 0.3) is 0 Å². The zero-order chi connectivity index (χ0) is 32.1. The van der Waals surface area contributed by atoms with E-state index in [-0.39, 0.29) is 0 Å². The van der Waals surface area contributed by atoms with Crippen molar-refractivity contribution in [2.45, 2.75) is 100 Å². The van der Waals surface area contributed by atoms with Crippen molar-refractivity contribution in [2.24, 2.45) is 35.5 Å². The highest BCUT2D eigenvalue weighted by Gasteiger charge is 2.61. The van der Waals surface area contributed by atoms with Crippen molar-refractivity contribution >= 4 is 8.07 Å². The lowest BCUT2D eigenvalue weighted by Gasteiger charge is -2.50. The van der Waals surface area contributed by atoms with E-state index in [0.717, 1.165) is 46.6 Å². The van der Waals surface area contributed by atoms with Crippen molar-refractivity contribution in [1.82, 2.24) is 0 Å². The summed E-state index contributed by atoms with van der Waals surface area (Å²) in [4.78, 5) is 0. The van der Waals surface area contributed by atoms with Gasteiger partial charge >= 0.3 is 0 Å².